The summed E-state index contributed by atoms with van der Waals surface area (Å²) in [6, 6.07) is 1.60. The number of phenolic OH excluding ortho intramolecular Hbond substituents is 1. The van der Waals surface area contributed by atoms with Gasteiger partial charge in [0.25, 0.3) is 5.91 Å². The van der Waals surface area contributed by atoms with Crippen molar-refractivity contribution < 1.29 is 24.2 Å². The molecule has 0 unspecified atom stereocenters. The van der Waals surface area contributed by atoms with Crippen LogP contribution in [0.3, 0.4) is 0 Å². The van der Waals surface area contributed by atoms with Gasteiger partial charge in [-0.15, -0.1) is 0 Å². The van der Waals surface area contributed by atoms with E-state index in [2.05, 4.69) is 33.0 Å². The summed E-state index contributed by atoms with van der Waals surface area (Å²) in [6.07, 6.45) is 4.37. The molecule has 0 radical (unpaired) electrons. The Morgan fingerprint density at radius 2 is 1.90 bits per heavy atom. The second-order valence-electron chi connectivity index (χ2n) is 11.1. The number of amides is 1. The van der Waals surface area contributed by atoms with E-state index in [1.54, 1.807) is 6.07 Å². The van der Waals surface area contributed by atoms with Crippen LogP contribution in [-0.4, -0.2) is 28.7 Å². The average Bonchev–Trinajstić information content (AvgIpc) is 3.04. The van der Waals surface area contributed by atoms with E-state index in [-0.39, 0.29) is 46.1 Å². The van der Waals surface area contributed by atoms with Gasteiger partial charge in [-0.2, -0.15) is 0 Å². The van der Waals surface area contributed by atoms with Crippen LogP contribution in [0.15, 0.2) is 6.07 Å². The van der Waals surface area contributed by atoms with E-state index < -0.39 is 0 Å². The number of aromatic hydroxyl groups is 1. The first-order valence-electron chi connectivity index (χ1n) is 11.5. The zero-order valence-electron chi connectivity index (χ0n) is 19.1. The fraction of sp³-hybridized carbons (Fsp3) is 0.680. The molecule has 2 heterocycles. The summed E-state index contributed by atoms with van der Waals surface area (Å²) in [4.78, 5) is 23.9. The van der Waals surface area contributed by atoms with Crippen molar-refractivity contribution in [2.45, 2.75) is 85.0 Å². The normalized spacial score (nSPS) is 37.5. The Balaban J connectivity index is 1.55. The van der Waals surface area contributed by atoms with Crippen LogP contribution in [0.5, 0.6) is 11.5 Å². The molecule has 31 heavy (non-hydrogen) atoms. The molecule has 1 amide bonds. The number of hydrogen-bond donors (Lipinski definition) is 2. The van der Waals surface area contributed by atoms with Crippen LogP contribution in [0.1, 0.15) is 81.8 Å². The highest BCUT2D eigenvalue weighted by molar-refractivity contribution is 6.00. The van der Waals surface area contributed by atoms with Gasteiger partial charge in [-0.1, -0.05) is 20.8 Å². The van der Waals surface area contributed by atoms with Gasteiger partial charge in [0, 0.05) is 35.9 Å². The molecule has 6 nitrogen and oxygen atoms in total. The minimum Gasteiger partial charge on any atom is -0.508 e. The van der Waals surface area contributed by atoms with Crippen LogP contribution >= 0.6 is 0 Å². The van der Waals surface area contributed by atoms with Crippen LogP contribution in [0.25, 0.3) is 0 Å². The molecule has 2 aliphatic heterocycles. The minimum absolute atomic E-state index is 0.00433. The molecule has 0 saturated heterocycles. The second kappa shape index (κ2) is 6.39. The summed E-state index contributed by atoms with van der Waals surface area (Å²) in [5.74, 6) is 1.14. The molecule has 6 heteroatoms. The number of fused-ring (bicyclic) bond motifs is 6. The lowest BCUT2D eigenvalue weighted by molar-refractivity contribution is -0.204. The number of ether oxygens (including phenoxy) is 2. The third-order valence-electron chi connectivity index (χ3n) is 9.12. The molecule has 1 aromatic carbocycles. The number of carbonyl (C=O) groups is 2. The fourth-order valence-corrected chi connectivity index (χ4v) is 7.60. The van der Waals surface area contributed by atoms with Gasteiger partial charge in [0.2, 0.25) is 0 Å². The second-order valence-corrected chi connectivity index (χ2v) is 11.1. The SMILES string of the molecule is CC(=O)O[C@H]1CC[C@]2(C)[C@H]3Cc4c(O)cc5c(c4O[C@]3(C)CC[C@H]2C1(C)C)CNC5=O. The van der Waals surface area contributed by atoms with Gasteiger partial charge in [-0.3, -0.25) is 9.59 Å². The Labute approximate surface area is 183 Å². The van der Waals surface area contributed by atoms with Crippen LogP contribution in [-0.2, 0) is 22.5 Å². The molecule has 0 bridgehead atoms. The fourth-order valence-electron chi connectivity index (χ4n) is 7.60. The number of benzene rings is 1. The molecule has 2 fully saturated rings. The van der Waals surface area contributed by atoms with Crippen molar-refractivity contribution in [2.75, 3.05) is 0 Å². The zero-order chi connectivity index (χ0) is 22.3. The highest BCUT2D eigenvalue weighted by atomic mass is 16.5. The number of esters is 1. The van der Waals surface area contributed by atoms with E-state index in [1.165, 1.54) is 6.92 Å². The first-order valence-corrected chi connectivity index (χ1v) is 11.5. The molecular weight excluding hydrogens is 394 g/mol. The Hall–Kier alpha value is -2.24. The van der Waals surface area contributed by atoms with E-state index in [9.17, 15) is 14.7 Å². The van der Waals surface area contributed by atoms with Crippen molar-refractivity contribution in [2.24, 2.45) is 22.7 Å². The molecule has 5 rings (SSSR count). The Kier molecular flexibility index (Phi) is 4.26. The summed E-state index contributed by atoms with van der Waals surface area (Å²) in [5, 5.41) is 13.7. The van der Waals surface area contributed by atoms with E-state index in [4.69, 9.17) is 9.47 Å². The molecule has 1 aromatic rings. The minimum atomic E-state index is -0.351. The van der Waals surface area contributed by atoms with E-state index in [0.717, 1.165) is 43.2 Å². The van der Waals surface area contributed by atoms with Crippen molar-refractivity contribution in [3.8, 4) is 11.5 Å². The number of rotatable bonds is 1. The Morgan fingerprint density at radius 1 is 1.16 bits per heavy atom. The third-order valence-corrected chi connectivity index (χ3v) is 9.12. The van der Waals surface area contributed by atoms with Gasteiger partial charge in [0.05, 0.1) is 5.56 Å². The molecule has 2 aliphatic carbocycles. The van der Waals surface area contributed by atoms with Gasteiger partial charge in [-0.05, 0) is 56.4 Å². The number of carbonyl (C=O) groups excluding carboxylic acids is 2. The largest absolute Gasteiger partial charge is 0.508 e. The summed E-state index contributed by atoms with van der Waals surface area (Å²) in [7, 11) is 0. The van der Waals surface area contributed by atoms with Crippen molar-refractivity contribution in [1.29, 1.82) is 0 Å². The molecule has 2 saturated carbocycles. The van der Waals surface area contributed by atoms with Gasteiger partial charge in [-0.25, -0.2) is 0 Å². The van der Waals surface area contributed by atoms with Crippen molar-refractivity contribution >= 4 is 11.9 Å². The van der Waals surface area contributed by atoms with Gasteiger partial charge in [0.15, 0.2) is 0 Å². The summed E-state index contributed by atoms with van der Waals surface area (Å²) < 4.78 is 12.5. The number of phenols is 1. The first kappa shape index (κ1) is 20.7. The Bertz CT molecular complexity index is 985. The standard InChI is InChI=1S/C25H33NO5/c1-13(27)30-20-7-8-24(4)18(23(20,2)3)6-9-25(5)19(24)11-15-17(28)10-14-16(21(15)31-25)12-26-22(14)29/h10,18-20,28H,6-9,11-12H2,1-5H3,(H,26,29)/t18-,19+,20-,24-,25+/m0/s1. The molecule has 5 atom stereocenters. The predicted octanol–water partition coefficient (Wildman–Crippen LogP) is 4.11. The van der Waals surface area contributed by atoms with E-state index in [0.29, 0.717) is 23.8 Å². The van der Waals surface area contributed by atoms with Gasteiger partial charge in [0.1, 0.15) is 23.2 Å². The highest BCUT2D eigenvalue weighted by Gasteiger charge is 2.63. The highest BCUT2D eigenvalue weighted by Crippen LogP contribution is 2.65. The maximum atomic E-state index is 12.2. The smallest absolute Gasteiger partial charge is 0.302 e. The summed E-state index contributed by atoms with van der Waals surface area (Å²) in [5.41, 5.74) is 1.76. The van der Waals surface area contributed by atoms with Crippen LogP contribution in [0.4, 0.5) is 0 Å². The van der Waals surface area contributed by atoms with Crippen molar-refractivity contribution in [1.82, 2.24) is 5.32 Å². The number of nitrogens with one attached hydrogen (secondary N) is 1. The zero-order valence-corrected chi connectivity index (χ0v) is 19.1. The van der Waals surface area contributed by atoms with E-state index in [1.807, 2.05) is 0 Å². The molecule has 0 aromatic heterocycles. The van der Waals surface area contributed by atoms with E-state index >= 15 is 0 Å². The van der Waals surface area contributed by atoms with Gasteiger partial charge < -0.3 is 19.9 Å². The molecular formula is C25H33NO5. The average molecular weight is 428 g/mol. The monoisotopic (exact) mass is 427 g/mol. The maximum absolute atomic E-state index is 12.2. The first-order chi connectivity index (χ1) is 14.5. The molecule has 2 N–H and O–H groups in total. The predicted molar refractivity (Wildman–Crippen MR) is 115 cm³/mol. The maximum Gasteiger partial charge on any atom is 0.302 e. The van der Waals surface area contributed by atoms with Crippen LogP contribution in [0.2, 0.25) is 0 Å². The lowest BCUT2D eigenvalue weighted by atomic mass is 9.44. The lowest BCUT2D eigenvalue weighted by Gasteiger charge is -2.64. The molecule has 0 spiro atoms. The Morgan fingerprint density at radius 3 is 2.61 bits per heavy atom. The third kappa shape index (κ3) is 2.76. The van der Waals surface area contributed by atoms with Crippen molar-refractivity contribution in [3.05, 3.63) is 22.8 Å². The van der Waals surface area contributed by atoms with Crippen LogP contribution < -0.4 is 10.1 Å². The summed E-state index contributed by atoms with van der Waals surface area (Å²) in [6.45, 7) is 11.0. The molecule has 4 aliphatic rings. The quantitative estimate of drug-likeness (QED) is 0.659. The lowest BCUT2D eigenvalue weighted by Crippen LogP contribution is -2.64. The number of hydrogen-bond acceptors (Lipinski definition) is 5. The topological polar surface area (TPSA) is 84.9 Å². The molecule has 168 valence electrons. The van der Waals surface area contributed by atoms with Crippen LogP contribution in [0, 0.1) is 22.7 Å². The van der Waals surface area contributed by atoms with Gasteiger partial charge >= 0.3 is 5.97 Å². The summed E-state index contributed by atoms with van der Waals surface area (Å²) >= 11 is 0. The van der Waals surface area contributed by atoms with Crippen molar-refractivity contribution in [3.63, 3.8) is 0 Å².